The van der Waals surface area contributed by atoms with E-state index in [0.29, 0.717) is 11.0 Å². The van der Waals surface area contributed by atoms with Gasteiger partial charge in [-0.2, -0.15) is 0 Å². The van der Waals surface area contributed by atoms with Crippen LogP contribution in [0.5, 0.6) is 5.75 Å². The average Bonchev–Trinajstić information content (AvgIpc) is 2.93. The van der Waals surface area contributed by atoms with Crippen molar-refractivity contribution in [3.8, 4) is 5.75 Å². The van der Waals surface area contributed by atoms with Crippen LogP contribution in [-0.2, 0) is 5.60 Å². The van der Waals surface area contributed by atoms with Crippen molar-refractivity contribution in [2.24, 2.45) is 0 Å². The van der Waals surface area contributed by atoms with Crippen molar-refractivity contribution >= 4 is 38.6 Å². The van der Waals surface area contributed by atoms with Crippen molar-refractivity contribution < 1.29 is 9.15 Å². The van der Waals surface area contributed by atoms with Gasteiger partial charge in [-0.05, 0) is 47.2 Å². The molecule has 7 rings (SSSR count). The zero-order valence-corrected chi connectivity index (χ0v) is 18.8. The van der Waals surface area contributed by atoms with E-state index in [2.05, 4.69) is 42.5 Å². The van der Waals surface area contributed by atoms with E-state index < -0.39 is 5.60 Å². The third kappa shape index (κ3) is 2.88. The highest BCUT2D eigenvalue weighted by atomic mass is 16.5. The fraction of sp³-hybridized carbons (Fsp3) is 0.0312. The molecule has 6 aromatic rings. The number of hydrogen-bond acceptors (Lipinski definition) is 3. The number of hydrogen-bond donors (Lipinski definition) is 0. The molecule has 1 aliphatic heterocycles. The maximum Gasteiger partial charge on any atom is 0.344 e. The summed E-state index contributed by atoms with van der Waals surface area (Å²) in [5, 5.41) is 4.30. The Morgan fingerprint density at radius 3 is 1.83 bits per heavy atom. The van der Waals surface area contributed by atoms with E-state index in [1.807, 2.05) is 72.8 Å². The summed E-state index contributed by atoms with van der Waals surface area (Å²) in [5.41, 5.74) is 2.64. The number of rotatable bonds is 2. The van der Waals surface area contributed by atoms with Crippen LogP contribution in [0.15, 0.2) is 124 Å². The van der Waals surface area contributed by atoms with Crippen LogP contribution >= 0.6 is 0 Å². The van der Waals surface area contributed by atoms with Crippen LogP contribution in [0.4, 0.5) is 0 Å². The van der Waals surface area contributed by atoms with Gasteiger partial charge < -0.3 is 9.15 Å². The van der Waals surface area contributed by atoms with Gasteiger partial charge in [0, 0.05) is 27.5 Å². The third-order valence-electron chi connectivity index (χ3n) is 6.95. The minimum Gasteiger partial charge on any atom is -0.473 e. The summed E-state index contributed by atoms with van der Waals surface area (Å²) in [7, 11) is 0. The van der Waals surface area contributed by atoms with E-state index in [0.717, 1.165) is 44.0 Å². The molecule has 3 heteroatoms. The Morgan fingerprint density at radius 2 is 1.11 bits per heavy atom. The smallest absolute Gasteiger partial charge is 0.344 e. The first-order chi connectivity index (χ1) is 17.2. The Morgan fingerprint density at radius 1 is 0.543 bits per heavy atom. The maximum absolute atomic E-state index is 12.7. The molecule has 0 amide bonds. The molecule has 1 aromatic heterocycles. The summed E-state index contributed by atoms with van der Waals surface area (Å²) >= 11 is 0. The second-order valence-electron chi connectivity index (χ2n) is 8.85. The fourth-order valence-electron chi connectivity index (χ4n) is 5.26. The summed E-state index contributed by atoms with van der Waals surface area (Å²) in [5.74, 6) is 0.787. The van der Waals surface area contributed by atoms with Gasteiger partial charge in [-0.1, -0.05) is 84.9 Å². The van der Waals surface area contributed by atoms with Crippen LogP contribution in [-0.4, -0.2) is 0 Å². The molecule has 0 spiro atoms. The molecule has 0 saturated heterocycles. The van der Waals surface area contributed by atoms with Gasteiger partial charge in [0.2, 0.25) is 0 Å². The quantitative estimate of drug-likeness (QED) is 0.202. The monoisotopic (exact) mass is 452 g/mol. The lowest BCUT2D eigenvalue weighted by Crippen LogP contribution is -2.34. The molecule has 35 heavy (non-hydrogen) atoms. The van der Waals surface area contributed by atoms with Crippen LogP contribution in [0, 0.1) is 0 Å². The van der Waals surface area contributed by atoms with E-state index in [4.69, 9.17) is 9.15 Å². The van der Waals surface area contributed by atoms with Crippen molar-refractivity contribution in [1.82, 2.24) is 0 Å². The molecule has 5 aromatic carbocycles. The average molecular weight is 453 g/mol. The molecule has 0 fully saturated rings. The number of benzene rings is 5. The molecule has 0 N–H and O–H groups in total. The van der Waals surface area contributed by atoms with Crippen molar-refractivity contribution in [3.63, 3.8) is 0 Å². The minimum atomic E-state index is -0.733. The first kappa shape index (κ1) is 19.8. The fourth-order valence-corrected chi connectivity index (χ4v) is 5.26. The lowest BCUT2D eigenvalue weighted by Gasteiger charge is -2.36. The topological polar surface area (TPSA) is 39.4 Å². The summed E-state index contributed by atoms with van der Waals surface area (Å²) < 4.78 is 12.7. The van der Waals surface area contributed by atoms with Gasteiger partial charge in [0.25, 0.3) is 0 Å². The summed E-state index contributed by atoms with van der Waals surface area (Å²) in [4.78, 5) is 12.7. The standard InChI is InChI=1S/C32H20O3/c33-31-28-14-8-7-13-23(28)26-16-15-24-25-19-20-32(21-9-3-1-4-10-21,22-11-5-2-6-12-22)35-29(25)18-17-27(24)30(26)34-31/h1-20H. The SMILES string of the molecule is O=c1oc2c3ccc4c(c3ccc2c2ccccc12)C=CC(c1ccccc1)(c1ccccc1)O4. The predicted octanol–water partition coefficient (Wildman–Crippen LogP) is 7.45. The molecule has 0 unspecified atom stereocenters. The third-order valence-corrected chi connectivity index (χ3v) is 6.95. The summed E-state index contributed by atoms with van der Waals surface area (Å²) in [6.07, 6.45) is 4.26. The van der Waals surface area contributed by atoms with Crippen LogP contribution in [0.2, 0.25) is 0 Å². The summed E-state index contributed by atoms with van der Waals surface area (Å²) in [6.45, 7) is 0. The zero-order chi connectivity index (χ0) is 23.4. The molecule has 0 saturated carbocycles. The highest BCUT2D eigenvalue weighted by molar-refractivity contribution is 6.15. The van der Waals surface area contributed by atoms with Crippen LogP contribution in [0.25, 0.3) is 38.6 Å². The Kier molecular flexibility index (Phi) is 4.21. The molecular formula is C32H20O3. The van der Waals surface area contributed by atoms with Crippen LogP contribution in [0.1, 0.15) is 16.7 Å². The van der Waals surface area contributed by atoms with Crippen LogP contribution in [0.3, 0.4) is 0 Å². The second kappa shape index (κ2) is 7.44. The highest BCUT2D eigenvalue weighted by Crippen LogP contribution is 2.45. The molecule has 2 heterocycles. The maximum atomic E-state index is 12.7. The minimum absolute atomic E-state index is 0.322. The molecule has 0 aliphatic carbocycles. The Labute approximate surface area is 201 Å². The molecule has 0 radical (unpaired) electrons. The molecule has 3 nitrogen and oxygen atoms in total. The van der Waals surface area contributed by atoms with Crippen molar-refractivity contribution in [2.45, 2.75) is 5.60 Å². The van der Waals surface area contributed by atoms with Gasteiger partial charge in [0.15, 0.2) is 5.60 Å². The predicted molar refractivity (Wildman–Crippen MR) is 141 cm³/mol. The molecule has 1 aliphatic rings. The van der Waals surface area contributed by atoms with Gasteiger partial charge in [-0.3, -0.25) is 0 Å². The van der Waals surface area contributed by atoms with Crippen molar-refractivity contribution in [3.05, 3.63) is 142 Å². The normalized spacial score (nSPS) is 14.2. The zero-order valence-electron chi connectivity index (χ0n) is 18.8. The lowest BCUT2D eigenvalue weighted by atomic mass is 9.83. The van der Waals surface area contributed by atoms with Crippen LogP contribution < -0.4 is 10.4 Å². The first-order valence-electron chi connectivity index (χ1n) is 11.7. The van der Waals surface area contributed by atoms with E-state index >= 15 is 0 Å². The molecular weight excluding hydrogens is 432 g/mol. The lowest BCUT2D eigenvalue weighted by molar-refractivity contribution is 0.161. The second-order valence-corrected chi connectivity index (χ2v) is 8.85. The number of ether oxygens (including phenoxy) is 1. The van der Waals surface area contributed by atoms with E-state index in [1.165, 1.54) is 0 Å². The Bertz CT molecular complexity index is 1790. The van der Waals surface area contributed by atoms with Gasteiger partial charge in [0.1, 0.15) is 11.3 Å². The molecule has 0 atom stereocenters. The summed E-state index contributed by atoms with van der Waals surface area (Å²) in [6, 6.07) is 36.2. The van der Waals surface area contributed by atoms with Crippen molar-refractivity contribution in [1.29, 1.82) is 0 Å². The Balaban J connectivity index is 1.48. The molecule has 166 valence electrons. The van der Waals surface area contributed by atoms with Gasteiger partial charge in [-0.15, -0.1) is 0 Å². The van der Waals surface area contributed by atoms with Crippen molar-refractivity contribution in [2.75, 3.05) is 0 Å². The Hall–Kier alpha value is -4.63. The highest BCUT2D eigenvalue weighted by Gasteiger charge is 2.37. The molecule has 0 bridgehead atoms. The number of fused-ring (bicyclic) bond motifs is 7. The van der Waals surface area contributed by atoms with E-state index in [9.17, 15) is 4.79 Å². The van der Waals surface area contributed by atoms with E-state index in [-0.39, 0.29) is 5.63 Å². The van der Waals surface area contributed by atoms with Gasteiger partial charge >= 0.3 is 5.63 Å². The first-order valence-corrected chi connectivity index (χ1v) is 11.7. The largest absolute Gasteiger partial charge is 0.473 e. The van der Waals surface area contributed by atoms with Gasteiger partial charge in [0.05, 0.1) is 5.39 Å². The van der Waals surface area contributed by atoms with E-state index in [1.54, 1.807) is 6.07 Å². The van der Waals surface area contributed by atoms with Gasteiger partial charge in [-0.25, -0.2) is 4.79 Å².